The third-order valence-corrected chi connectivity index (χ3v) is 2.15. The Morgan fingerprint density at radius 3 is 2.67 bits per heavy atom. The SMILES string of the molecule is COC(=O)CCOc1ccc(OC)c([N+](=O)[O-])c1. The Morgan fingerprint density at radius 2 is 2.11 bits per heavy atom. The van der Waals surface area contributed by atoms with Gasteiger partial charge in [-0.2, -0.15) is 0 Å². The van der Waals surface area contributed by atoms with E-state index < -0.39 is 10.9 Å². The van der Waals surface area contributed by atoms with Crippen molar-refractivity contribution in [2.45, 2.75) is 6.42 Å². The number of carbonyl (C=O) groups excluding carboxylic acids is 1. The van der Waals surface area contributed by atoms with Gasteiger partial charge in [0, 0.05) is 0 Å². The Kier molecular flexibility index (Phi) is 4.91. The fourth-order valence-corrected chi connectivity index (χ4v) is 1.26. The van der Waals surface area contributed by atoms with E-state index >= 15 is 0 Å². The smallest absolute Gasteiger partial charge is 0.314 e. The molecule has 0 N–H and O–H groups in total. The van der Waals surface area contributed by atoms with E-state index in [0.717, 1.165) is 0 Å². The van der Waals surface area contributed by atoms with Gasteiger partial charge in [-0.15, -0.1) is 0 Å². The number of nitro benzene ring substituents is 1. The summed E-state index contributed by atoms with van der Waals surface area (Å²) < 4.78 is 14.5. The number of rotatable bonds is 6. The normalized spacial score (nSPS) is 9.67. The molecular formula is C11H13NO6. The molecular weight excluding hydrogens is 242 g/mol. The topological polar surface area (TPSA) is 87.9 Å². The number of hydrogen-bond acceptors (Lipinski definition) is 6. The minimum absolute atomic E-state index is 0.0797. The number of methoxy groups -OCH3 is 2. The Balaban J connectivity index is 2.70. The second-order valence-electron chi connectivity index (χ2n) is 3.27. The summed E-state index contributed by atoms with van der Waals surface area (Å²) in [5.41, 5.74) is -0.187. The van der Waals surface area contributed by atoms with E-state index in [-0.39, 0.29) is 24.5 Å². The summed E-state index contributed by atoms with van der Waals surface area (Å²) in [6.07, 6.45) is 0.0797. The zero-order chi connectivity index (χ0) is 13.5. The van der Waals surface area contributed by atoms with Crippen LogP contribution in [0.1, 0.15) is 6.42 Å². The molecule has 0 aliphatic carbocycles. The zero-order valence-electron chi connectivity index (χ0n) is 10.0. The molecule has 0 amide bonds. The Morgan fingerprint density at radius 1 is 1.39 bits per heavy atom. The maximum Gasteiger partial charge on any atom is 0.314 e. The molecule has 7 nitrogen and oxygen atoms in total. The molecule has 0 aliphatic rings. The van der Waals surface area contributed by atoms with Crippen LogP contribution in [0.25, 0.3) is 0 Å². The molecule has 0 saturated carbocycles. The molecule has 0 aromatic heterocycles. The maximum atomic E-state index is 10.8. The number of hydrogen-bond donors (Lipinski definition) is 0. The van der Waals surface area contributed by atoms with Crippen molar-refractivity contribution < 1.29 is 23.9 Å². The van der Waals surface area contributed by atoms with Crippen molar-refractivity contribution in [2.24, 2.45) is 0 Å². The zero-order valence-corrected chi connectivity index (χ0v) is 10.0. The van der Waals surface area contributed by atoms with Gasteiger partial charge in [0.2, 0.25) is 0 Å². The van der Waals surface area contributed by atoms with Gasteiger partial charge in [0.25, 0.3) is 0 Å². The van der Waals surface area contributed by atoms with Gasteiger partial charge in [-0.05, 0) is 12.1 Å². The van der Waals surface area contributed by atoms with Crippen LogP contribution in [0.15, 0.2) is 18.2 Å². The van der Waals surface area contributed by atoms with Crippen molar-refractivity contribution in [2.75, 3.05) is 20.8 Å². The standard InChI is InChI=1S/C11H13NO6/c1-16-10-4-3-8(7-9(10)12(14)15)18-6-5-11(13)17-2/h3-4,7H,5-6H2,1-2H3. The van der Waals surface area contributed by atoms with Gasteiger partial charge < -0.3 is 14.2 Å². The summed E-state index contributed by atoms with van der Waals surface area (Å²) in [5.74, 6) is 0.0460. The average Bonchev–Trinajstić information content (AvgIpc) is 2.38. The second kappa shape index (κ2) is 6.43. The fourth-order valence-electron chi connectivity index (χ4n) is 1.26. The molecule has 1 rings (SSSR count). The summed E-state index contributed by atoms with van der Waals surface area (Å²) in [7, 11) is 2.63. The van der Waals surface area contributed by atoms with E-state index in [4.69, 9.17) is 9.47 Å². The van der Waals surface area contributed by atoms with Gasteiger partial charge in [0.1, 0.15) is 5.75 Å². The van der Waals surface area contributed by atoms with E-state index in [1.165, 1.54) is 32.4 Å². The van der Waals surface area contributed by atoms with E-state index in [1.807, 2.05) is 0 Å². The third-order valence-electron chi connectivity index (χ3n) is 2.15. The highest BCUT2D eigenvalue weighted by Gasteiger charge is 2.15. The summed E-state index contributed by atoms with van der Waals surface area (Å²) in [4.78, 5) is 21.0. The largest absolute Gasteiger partial charge is 0.493 e. The molecule has 0 fully saturated rings. The van der Waals surface area contributed by atoms with Crippen molar-refractivity contribution in [3.63, 3.8) is 0 Å². The van der Waals surface area contributed by atoms with E-state index in [0.29, 0.717) is 5.75 Å². The summed E-state index contributed by atoms with van der Waals surface area (Å²) in [6.45, 7) is 0.0934. The Bertz CT molecular complexity index is 445. The molecule has 0 radical (unpaired) electrons. The highest BCUT2D eigenvalue weighted by atomic mass is 16.6. The lowest BCUT2D eigenvalue weighted by molar-refractivity contribution is -0.385. The summed E-state index contributed by atoms with van der Waals surface area (Å²) >= 11 is 0. The predicted molar refractivity (Wildman–Crippen MR) is 61.8 cm³/mol. The quantitative estimate of drug-likeness (QED) is 0.435. The lowest BCUT2D eigenvalue weighted by Crippen LogP contribution is -2.07. The molecule has 0 unspecified atom stereocenters. The Labute approximate surface area is 103 Å². The maximum absolute atomic E-state index is 10.8. The first-order valence-electron chi connectivity index (χ1n) is 5.10. The lowest BCUT2D eigenvalue weighted by Gasteiger charge is -2.07. The van der Waals surface area contributed by atoms with E-state index in [2.05, 4.69) is 4.74 Å². The molecule has 0 saturated heterocycles. The van der Waals surface area contributed by atoms with Crippen LogP contribution < -0.4 is 9.47 Å². The lowest BCUT2D eigenvalue weighted by atomic mass is 10.3. The number of ether oxygens (including phenoxy) is 3. The van der Waals surface area contributed by atoms with Crippen molar-refractivity contribution in [1.29, 1.82) is 0 Å². The van der Waals surface area contributed by atoms with Gasteiger partial charge in [0.05, 0.1) is 38.2 Å². The Hall–Kier alpha value is -2.31. The van der Waals surface area contributed by atoms with Crippen molar-refractivity contribution >= 4 is 11.7 Å². The molecule has 1 aromatic carbocycles. The van der Waals surface area contributed by atoms with Gasteiger partial charge in [0.15, 0.2) is 5.75 Å². The van der Waals surface area contributed by atoms with Crippen LogP contribution in [0.5, 0.6) is 11.5 Å². The molecule has 0 atom stereocenters. The number of nitrogens with zero attached hydrogens (tertiary/aromatic N) is 1. The second-order valence-corrected chi connectivity index (χ2v) is 3.27. The van der Waals surface area contributed by atoms with E-state index in [1.54, 1.807) is 0 Å². The van der Waals surface area contributed by atoms with Crippen molar-refractivity contribution in [1.82, 2.24) is 0 Å². The monoisotopic (exact) mass is 255 g/mol. The van der Waals surface area contributed by atoms with Gasteiger partial charge in [-0.25, -0.2) is 0 Å². The van der Waals surface area contributed by atoms with Gasteiger partial charge >= 0.3 is 11.7 Å². The first-order valence-corrected chi connectivity index (χ1v) is 5.10. The minimum atomic E-state index is -0.563. The van der Waals surface area contributed by atoms with Crippen LogP contribution in [-0.2, 0) is 9.53 Å². The third kappa shape index (κ3) is 3.62. The molecule has 18 heavy (non-hydrogen) atoms. The molecule has 0 aliphatic heterocycles. The number of nitro groups is 1. The van der Waals surface area contributed by atoms with Crippen LogP contribution in [-0.4, -0.2) is 31.7 Å². The first kappa shape index (κ1) is 13.8. The highest BCUT2D eigenvalue weighted by Crippen LogP contribution is 2.30. The number of esters is 1. The number of benzene rings is 1. The molecule has 98 valence electrons. The molecule has 0 bridgehead atoms. The van der Waals surface area contributed by atoms with Crippen molar-refractivity contribution in [3.05, 3.63) is 28.3 Å². The van der Waals surface area contributed by atoms with Crippen LogP contribution in [0.4, 0.5) is 5.69 Å². The average molecular weight is 255 g/mol. The van der Waals surface area contributed by atoms with Crippen LogP contribution in [0.2, 0.25) is 0 Å². The van der Waals surface area contributed by atoms with Gasteiger partial charge in [-0.3, -0.25) is 14.9 Å². The number of carbonyl (C=O) groups is 1. The fraction of sp³-hybridized carbons (Fsp3) is 0.364. The summed E-state index contributed by atoms with van der Waals surface area (Å²) in [5, 5.41) is 10.8. The molecule has 1 aromatic rings. The van der Waals surface area contributed by atoms with Crippen LogP contribution in [0.3, 0.4) is 0 Å². The minimum Gasteiger partial charge on any atom is -0.493 e. The molecule has 7 heteroatoms. The first-order chi connectivity index (χ1) is 8.58. The van der Waals surface area contributed by atoms with E-state index in [9.17, 15) is 14.9 Å². The van der Waals surface area contributed by atoms with Crippen LogP contribution >= 0.6 is 0 Å². The van der Waals surface area contributed by atoms with Crippen molar-refractivity contribution in [3.8, 4) is 11.5 Å². The molecule has 0 spiro atoms. The molecule has 0 heterocycles. The summed E-state index contributed by atoms with van der Waals surface area (Å²) in [6, 6.07) is 4.21. The van der Waals surface area contributed by atoms with Crippen LogP contribution in [0, 0.1) is 10.1 Å². The highest BCUT2D eigenvalue weighted by molar-refractivity contribution is 5.69. The predicted octanol–water partition coefficient (Wildman–Crippen LogP) is 1.55. The van der Waals surface area contributed by atoms with Gasteiger partial charge in [-0.1, -0.05) is 0 Å².